The number of hydrogen-bond donors (Lipinski definition) is 0. The standard InChI is InChI=1S/C28H47N3O.ClH/c1-5-6-15-29-17-19-30(20-18-29)27-10-9-24(31-16-7-8-25(22-31)32-4)21-26(27)23-11-13-28(2,3)14-12-23;/h9-10,21,23,25H,5-8,11-20,22H2,1-4H3;1H. The fourth-order valence-corrected chi connectivity index (χ4v) is 6.02. The zero-order valence-electron chi connectivity index (χ0n) is 21.7. The number of ether oxygens (including phenoxy) is 1. The molecular formula is C28H48ClN3O. The van der Waals surface area contributed by atoms with Gasteiger partial charge in [-0.3, -0.25) is 4.90 Å². The average Bonchev–Trinajstić information content (AvgIpc) is 2.83. The summed E-state index contributed by atoms with van der Waals surface area (Å²) in [6.45, 7) is 15.4. The second-order valence-corrected chi connectivity index (χ2v) is 11.3. The largest absolute Gasteiger partial charge is 0.380 e. The van der Waals surface area contributed by atoms with E-state index in [2.05, 4.69) is 53.7 Å². The first kappa shape index (κ1) is 26.6. The van der Waals surface area contributed by atoms with Crippen molar-refractivity contribution in [1.82, 2.24) is 4.90 Å². The molecule has 0 amide bonds. The average molecular weight is 478 g/mol. The van der Waals surface area contributed by atoms with Gasteiger partial charge in [-0.05, 0) is 86.6 Å². The first-order chi connectivity index (χ1) is 15.5. The van der Waals surface area contributed by atoms with Crippen molar-refractivity contribution in [2.24, 2.45) is 5.41 Å². The Hall–Kier alpha value is -0.970. The lowest BCUT2D eigenvalue weighted by Gasteiger charge is -2.41. The van der Waals surface area contributed by atoms with E-state index in [1.54, 1.807) is 5.56 Å². The Balaban J connectivity index is 0.00000306. The normalized spacial score (nSPS) is 24.5. The highest BCUT2D eigenvalue weighted by Gasteiger charge is 2.31. The van der Waals surface area contributed by atoms with Crippen LogP contribution in [0.25, 0.3) is 0 Å². The van der Waals surface area contributed by atoms with Gasteiger partial charge in [-0.15, -0.1) is 12.4 Å². The van der Waals surface area contributed by atoms with Gasteiger partial charge in [0.1, 0.15) is 0 Å². The van der Waals surface area contributed by atoms with Crippen molar-refractivity contribution >= 4 is 23.8 Å². The number of benzene rings is 1. The maximum atomic E-state index is 5.71. The van der Waals surface area contributed by atoms with E-state index < -0.39 is 0 Å². The Kier molecular flexibility index (Phi) is 9.79. The van der Waals surface area contributed by atoms with Crippen molar-refractivity contribution in [3.63, 3.8) is 0 Å². The highest BCUT2D eigenvalue weighted by molar-refractivity contribution is 5.85. The number of hydrogen-bond acceptors (Lipinski definition) is 4. The van der Waals surface area contributed by atoms with Gasteiger partial charge >= 0.3 is 0 Å². The summed E-state index contributed by atoms with van der Waals surface area (Å²) in [5.74, 6) is 0.708. The van der Waals surface area contributed by atoms with Crippen LogP contribution in [-0.4, -0.2) is 63.9 Å². The van der Waals surface area contributed by atoms with E-state index in [4.69, 9.17) is 4.74 Å². The Morgan fingerprint density at radius 3 is 2.36 bits per heavy atom. The first-order valence-electron chi connectivity index (χ1n) is 13.4. The summed E-state index contributed by atoms with van der Waals surface area (Å²) in [6.07, 6.45) is 10.8. The van der Waals surface area contributed by atoms with Gasteiger partial charge in [0.15, 0.2) is 0 Å². The molecule has 5 heteroatoms. The maximum Gasteiger partial charge on any atom is 0.0746 e. The van der Waals surface area contributed by atoms with Crippen LogP contribution >= 0.6 is 12.4 Å². The topological polar surface area (TPSA) is 19.0 Å². The summed E-state index contributed by atoms with van der Waals surface area (Å²) >= 11 is 0. The third-order valence-electron chi connectivity index (χ3n) is 8.41. The molecule has 1 aromatic rings. The minimum Gasteiger partial charge on any atom is -0.380 e. The molecule has 3 aliphatic rings. The second kappa shape index (κ2) is 12.1. The minimum absolute atomic E-state index is 0. The predicted octanol–water partition coefficient (Wildman–Crippen LogP) is 6.33. The van der Waals surface area contributed by atoms with Gasteiger partial charge in [-0.25, -0.2) is 0 Å². The van der Waals surface area contributed by atoms with Gasteiger partial charge in [-0.2, -0.15) is 0 Å². The van der Waals surface area contributed by atoms with E-state index >= 15 is 0 Å². The molecule has 2 aliphatic heterocycles. The van der Waals surface area contributed by atoms with Crippen LogP contribution in [0.15, 0.2) is 18.2 Å². The van der Waals surface area contributed by atoms with Crippen LogP contribution in [-0.2, 0) is 4.74 Å². The van der Waals surface area contributed by atoms with Crippen LogP contribution in [0.2, 0.25) is 0 Å². The number of methoxy groups -OCH3 is 1. The molecule has 2 heterocycles. The van der Waals surface area contributed by atoms with E-state index in [0.29, 0.717) is 17.4 Å². The van der Waals surface area contributed by atoms with Gasteiger partial charge in [0.2, 0.25) is 0 Å². The lowest BCUT2D eigenvalue weighted by molar-refractivity contribution is 0.0893. The minimum atomic E-state index is 0. The molecule has 4 nitrogen and oxygen atoms in total. The third kappa shape index (κ3) is 6.80. The molecule has 0 N–H and O–H groups in total. The SMILES string of the molecule is CCCCN1CCN(c2ccc(N3CCCC(OC)C3)cc2C2CCC(C)(C)CC2)CC1.Cl. The Bertz CT molecular complexity index is 722. The molecule has 0 spiro atoms. The lowest BCUT2D eigenvalue weighted by Crippen LogP contribution is -2.47. The van der Waals surface area contributed by atoms with Gasteiger partial charge in [0.25, 0.3) is 0 Å². The van der Waals surface area contributed by atoms with Crippen molar-refractivity contribution < 1.29 is 4.74 Å². The maximum absolute atomic E-state index is 5.71. The number of halogens is 1. The van der Waals surface area contributed by atoms with E-state index in [9.17, 15) is 0 Å². The molecule has 1 saturated carbocycles. The van der Waals surface area contributed by atoms with Crippen LogP contribution in [0, 0.1) is 5.41 Å². The van der Waals surface area contributed by atoms with Gasteiger partial charge in [-0.1, -0.05) is 27.2 Å². The zero-order valence-corrected chi connectivity index (χ0v) is 22.5. The molecule has 1 unspecified atom stereocenters. The third-order valence-corrected chi connectivity index (χ3v) is 8.41. The van der Waals surface area contributed by atoms with Crippen molar-refractivity contribution in [3.05, 3.63) is 23.8 Å². The molecule has 0 aromatic heterocycles. The van der Waals surface area contributed by atoms with Crippen LogP contribution in [0.1, 0.15) is 83.6 Å². The zero-order chi connectivity index (χ0) is 22.6. The molecule has 188 valence electrons. The van der Waals surface area contributed by atoms with E-state index in [1.165, 1.54) is 95.5 Å². The fraction of sp³-hybridized carbons (Fsp3) is 0.786. The molecule has 4 rings (SSSR count). The quantitative estimate of drug-likeness (QED) is 0.456. The van der Waals surface area contributed by atoms with Crippen LogP contribution in [0.4, 0.5) is 11.4 Å². The molecule has 33 heavy (non-hydrogen) atoms. The van der Waals surface area contributed by atoms with Crippen molar-refractivity contribution in [1.29, 1.82) is 0 Å². The van der Waals surface area contributed by atoms with E-state index in [-0.39, 0.29) is 12.4 Å². The molecule has 0 radical (unpaired) electrons. The Labute approximate surface area is 209 Å². The fourth-order valence-electron chi connectivity index (χ4n) is 6.02. The second-order valence-electron chi connectivity index (χ2n) is 11.3. The van der Waals surface area contributed by atoms with E-state index in [1.807, 2.05) is 7.11 Å². The molecule has 1 atom stereocenters. The number of rotatable bonds is 7. The molecule has 1 aromatic carbocycles. The number of unbranched alkanes of at least 4 members (excludes halogenated alkanes) is 1. The predicted molar refractivity (Wildman–Crippen MR) is 144 cm³/mol. The van der Waals surface area contributed by atoms with Gasteiger partial charge in [0, 0.05) is 57.8 Å². The van der Waals surface area contributed by atoms with Crippen molar-refractivity contribution in [3.8, 4) is 0 Å². The number of piperidine rings is 1. The first-order valence-corrected chi connectivity index (χ1v) is 13.4. The summed E-state index contributed by atoms with van der Waals surface area (Å²) < 4.78 is 5.71. The Morgan fingerprint density at radius 2 is 1.70 bits per heavy atom. The molecule has 1 aliphatic carbocycles. The number of anilines is 2. The molecule has 3 fully saturated rings. The van der Waals surface area contributed by atoms with Crippen molar-refractivity contribution in [2.75, 3.05) is 62.7 Å². The summed E-state index contributed by atoms with van der Waals surface area (Å²) in [5, 5.41) is 0. The monoisotopic (exact) mass is 477 g/mol. The van der Waals surface area contributed by atoms with Gasteiger partial charge < -0.3 is 14.5 Å². The highest BCUT2D eigenvalue weighted by Crippen LogP contribution is 2.46. The summed E-state index contributed by atoms with van der Waals surface area (Å²) in [5.41, 5.74) is 5.07. The van der Waals surface area contributed by atoms with Crippen LogP contribution in [0.5, 0.6) is 0 Å². The molecule has 0 bridgehead atoms. The van der Waals surface area contributed by atoms with Crippen LogP contribution in [0.3, 0.4) is 0 Å². The molecular weight excluding hydrogens is 430 g/mol. The lowest BCUT2D eigenvalue weighted by atomic mass is 9.71. The summed E-state index contributed by atoms with van der Waals surface area (Å²) in [6, 6.07) is 7.43. The number of piperazine rings is 1. The van der Waals surface area contributed by atoms with E-state index in [0.717, 1.165) is 13.1 Å². The van der Waals surface area contributed by atoms with Gasteiger partial charge in [0.05, 0.1) is 6.10 Å². The number of nitrogens with zero attached hydrogens (tertiary/aromatic N) is 3. The smallest absolute Gasteiger partial charge is 0.0746 e. The summed E-state index contributed by atoms with van der Waals surface area (Å²) in [7, 11) is 1.87. The summed E-state index contributed by atoms with van der Waals surface area (Å²) in [4.78, 5) is 7.92. The van der Waals surface area contributed by atoms with Crippen LogP contribution < -0.4 is 9.80 Å². The Morgan fingerprint density at radius 1 is 0.970 bits per heavy atom. The molecule has 2 saturated heterocycles. The van der Waals surface area contributed by atoms with Crippen molar-refractivity contribution in [2.45, 2.75) is 84.2 Å². The highest BCUT2D eigenvalue weighted by atomic mass is 35.5.